The van der Waals surface area contributed by atoms with Gasteiger partial charge in [-0.1, -0.05) is 12.2 Å². The summed E-state index contributed by atoms with van der Waals surface area (Å²) < 4.78 is 41.0. The summed E-state index contributed by atoms with van der Waals surface area (Å²) in [5.74, 6) is -0.997. The van der Waals surface area contributed by atoms with Crippen LogP contribution in [0.15, 0.2) is 47.6 Å². The second-order valence-electron chi connectivity index (χ2n) is 8.81. The van der Waals surface area contributed by atoms with Gasteiger partial charge in [-0.15, -0.1) is 0 Å². The molecule has 0 aliphatic carbocycles. The Kier molecular flexibility index (Phi) is 8.58. The van der Waals surface area contributed by atoms with Gasteiger partial charge in [0.15, 0.2) is 11.9 Å². The van der Waals surface area contributed by atoms with Crippen LogP contribution in [0.25, 0.3) is 0 Å². The van der Waals surface area contributed by atoms with E-state index in [4.69, 9.17) is 33.2 Å². The van der Waals surface area contributed by atoms with Crippen LogP contribution >= 0.6 is 0 Å². The fourth-order valence-electron chi connectivity index (χ4n) is 3.61. The average molecular weight is 491 g/mol. The zero-order valence-electron chi connectivity index (χ0n) is 21.2. The van der Waals surface area contributed by atoms with Gasteiger partial charge in [-0.05, 0) is 65.8 Å². The van der Waals surface area contributed by atoms with E-state index in [0.29, 0.717) is 22.6 Å². The highest BCUT2D eigenvalue weighted by Crippen LogP contribution is 2.36. The number of ether oxygens (including phenoxy) is 7. The number of allylic oxidation sites excluding steroid dienone is 2. The van der Waals surface area contributed by atoms with Crippen molar-refractivity contribution < 1.29 is 42.7 Å². The van der Waals surface area contributed by atoms with E-state index < -0.39 is 48.4 Å². The predicted octanol–water partition coefficient (Wildman–Crippen LogP) is 3.71. The molecule has 0 saturated carbocycles. The molecule has 2 saturated heterocycles. The summed E-state index contributed by atoms with van der Waals surface area (Å²) in [5, 5.41) is 0. The van der Waals surface area contributed by atoms with Crippen molar-refractivity contribution in [3.8, 4) is 11.5 Å². The Hall–Kier alpha value is -2.88. The molecular formula is C26H34O9. The molecule has 0 radical (unpaired) electrons. The van der Waals surface area contributed by atoms with Crippen LogP contribution in [0.2, 0.25) is 0 Å². The smallest absolute Gasteiger partial charge is 0.334 e. The minimum Gasteiger partial charge on any atom is -0.497 e. The lowest BCUT2D eigenvalue weighted by Gasteiger charge is -2.49. The van der Waals surface area contributed by atoms with Gasteiger partial charge in [-0.25, -0.2) is 9.59 Å². The van der Waals surface area contributed by atoms with E-state index in [1.165, 1.54) is 0 Å². The minimum absolute atomic E-state index is 0.172. The van der Waals surface area contributed by atoms with Gasteiger partial charge in [0.25, 0.3) is 0 Å². The molecule has 2 heterocycles. The van der Waals surface area contributed by atoms with E-state index in [0.717, 1.165) is 0 Å². The van der Waals surface area contributed by atoms with Crippen LogP contribution in [0.1, 0.15) is 41.5 Å². The van der Waals surface area contributed by atoms with Crippen molar-refractivity contribution in [3.63, 3.8) is 0 Å². The van der Waals surface area contributed by atoms with E-state index in [1.807, 2.05) is 0 Å². The first-order valence-corrected chi connectivity index (χ1v) is 11.5. The van der Waals surface area contributed by atoms with Crippen LogP contribution in [-0.2, 0) is 33.3 Å². The molecule has 0 spiro atoms. The van der Waals surface area contributed by atoms with Crippen molar-refractivity contribution in [1.82, 2.24) is 0 Å². The first kappa shape index (κ1) is 26.7. The van der Waals surface area contributed by atoms with E-state index >= 15 is 0 Å². The zero-order valence-corrected chi connectivity index (χ0v) is 21.2. The van der Waals surface area contributed by atoms with E-state index in [9.17, 15) is 9.59 Å². The SMILES string of the molecule is C/C=C(/C)C(=O)O[C@@H]1[C@@H](OC(=O)/C(C)=C/C)[C@H](Oc2ccc(OC)cc2)O[C@@H]2COC(C)(C)O[C@@H]12. The monoisotopic (exact) mass is 490 g/mol. The van der Waals surface area contributed by atoms with Crippen molar-refractivity contribution in [2.24, 2.45) is 0 Å². The maximum atomic E-state index is 12.8. The normalized spacial score (nSPS) is 28.5. The third-order valence-electron chi connectivity index (χ3n) is 5.91. The molecular weight excluding hydrogens is 456 g/mol. The van der Waals surface area contributed by atoms with Crippen LogP contribution < -0.4 is 9.47 Å². The Bertz CT molecular complexity index is 964. The van der Waals surface area contributed by atoms with Crippen LogP contribution in [0.3, 0.4) is 0 Å². The van der Waals surface area contributed by atoms with Gasteiger partial charge in [-0.2, -0.15) is 0 Å². The maximum absolute atomic E-state index is 12.8. The third-order valence-corrected chi connectivity index (χ3v) is 5.91. The highest BCUT2D eigenvalue weighted by molar-refractivity contribution is 5.88. The highest BCUT2D eigenvalue weighted by Gasteiger charge is 2.56. The first-order valence-electron chi connectivity index (χ1n) is 11.5. The van der Waals surface area contributed by atoms with Gasteiger partial charge in [0.2, 0.25) is 12.4 Å². The molecule has 9 heteroatoms. The summed E-state index contributed by atoms with van der Waals surface area (Å²) in [6.45, 7) is 10.4. The lowest BCUT2D eigenvalue weighted by molar-refractivity contribution is -0.374. The quantitative estimate of drug-likeness (QED) is 0.418. The van der Waals surface area contributed by atoms with Crippen molar-refractivity contribution in [1.29, 1.82) is 0 Å². The van der Waals surface area contributed by atoms with Gasteiger partial charge < -0.3 is 33.2 Å². The summed E-state index contributed by atoms with van der Waals surface area (Å²) >= 11 is 0. The molecule has 3 rings (SSSR count). The van der Waals surface area contributed by atoms with Gasteiger partial charge >= 0.3 is 11.9 Å². The summed E-state index contributed by atoms with van der Waals surface area (Å²) in [5.41, 5.74) is 0.792. The molecule has 2 aliphatic rings. The molecule has 2 fully saturated rings. The number of benzene rings is 1. The van der Waals surface area contributed by atoms with Gasteiger partial charge in [0.05, 0.1) is 13.7 Å². The molecule has 2 aliphatic heterocycles. The summed E-state index contributed by atoms with van der Waals surface area (Å²) in [6.07, 6.45) is -1.35. The number of methoxy groups -OCH3 is 1. The van der Waals surface area contributed by atoms with Crippen LogP contribution in [-0.4, -0.2) is 62.1 Å². The molecule has 1 aromatic rings. The van der Waals surface area contributed by atoms with Gasteiger partial charge in [0, 0.05) is 11.1 Å². The van der Waals surface area contributed by atoms with E-state index in [-0.39, 0.29) is 6.61 Å². The molecule has 5 atom stereocenters. The number of fused-ring (bicyclic) bond motifs is 1. The molecule has 0 unspecified atom stereocenters. The molecule has 192 valence electrons. The van der Waals surface area contributed by atoms with Crippen LogP contribution in [0.4, 0.5) is 0 Å². The molecule has 0 bridgehead atoms. The molecule has 35 heavy (non-hydrogen) atoms. The summed E-state index contributed by atoms with van der Waals surface area (Å²) in [4.78, 5) is 25.6. The lowest BCUT2D eigenvalue weighted by Crippen LogP contribution is -2.67. The maximum Gasteiger partial charge on any atom is 0.334 e. The van der Waals surface area contributed by atoms with Crippen molar-refractivity contribution in [3.05, 3.63) is 47.6 Å². The molecule has 9 nitrogen and oxygen atoms in total. The number of carbonyl (C=O) groups excluding carboxylic acids is 2. The second-order valence-corrected chi connectivity index (χ2v) is 8.81. The van der Waals surface area contributed by atoms with Gasteiger partial charge in [-0.3, -0.25) is 0 Å². The Morgan fingerprint density at radius 2 is 1.49 bits per heavy atom. The molecule has 0 aromatic heterocycles. The molecule has 1 aromatic carbocycles. The number of carbonyl (C=O) groups is 2. The predicted molar refractivity (Wildman–Crippen MR) is 126 cm³/mol. The van der Waals surface area contributed by atoms with E-state index in [2.05, 4.69) is 0 Å². The number of esters is 2. The fraction of sp³-hybridized carbons (Fsp3) is 0.538. The van der Waals surface area contributed by atoms with E-state index in [1.54, 1.807) is 85.1 Å². The average Bonchev–Trinajstić information content (AvgIpc) is 2.85. The van der Waals surface area contributed by atoms with Gasteiger partial charge in [0.1, 0.15) is 23.7 Å². The lowest BCUT2D eigenvalue weighted by atomic mass is 9.96. The Balaban J connectivity index is 1.99. The Labute approximate surface area is 205 Å². The number of rotatable bonds is 7. The first-order chi connectivity index (χ1) is 16.6. The number of hydrogen-bond donors (Lipinski definition) is 0. The molecule has 0 N–H and O–H groups in total. The third kappa shape index (κ3) is 6.42. The zero-order chi connectivity index (χ0) is 25.8. The van der Waals surface area contributed by atoms with Crippen molar-refractivity contribution >= 4 is 11.9 Å². The fourth-order valence-corrected chi connectivity index (χ4v) is 3.61. The largest absolute Gasteiger partial charge is 0.497 e. The van der Waals surface area contributed by atoms with Crippen LogP contribution in [0, 0.1) is 0 Å². The van der Waals surface area contributed by atoms with Crippen molar-refractivity contribution in [2.45, 2.75) is 78.0 Å². The second kappa shape index (κ2) is 11.2. The highest BCUT2D eigenvalue weighted by atomic mass is 16.8. The standard InChI is InChI=1S/C26H34O9/c1-8-15(3)23(27)33-21-20-19(14-30-26(5,6)35-20)32-25(22(21)34-24(28)16(4)9-2)31-18-12-10-17(29-7)11-13-18/h8-13,19-22,25H,14H2,1-7H3/b15-8-,16-9+/t19-,20-,21+,22-,25-/m1/s1. The Morgan fingerprint density at radius 3 is 2.03 bits per heavy atom. The van der Waals surface area contributed by atoms with Crippen molar-refractivity contribution in [2.75, 3.05) is 13.7 Å². The number of hydrogen-bond acceptors (Lipinski definition) is 9. The topological polar surface area (TPSA) is 98.8 Å². The Morgan fingerprint density at radius 1 is 0.943 bits per heavy atom. The summed E-state index contributed by atoms with van der Waals surface area (Å²) in [7, 11) is 1.57. The minimum atomic E-state index is -1.12. The summed E-state index contributed by atoms with van der Waals surface area (Å²) in [6, 6.07) is 6.86. The molecule has 0 amide bonds. The van der Waals surface area contributed by atoms with Crippen LogP contribution in [0.5, 0.6) is 11.5 Å².